The number of carbonyl (C=O) groups excluding carboxylic acids is 1. The number of nitroso groups, excluding NO2 is 1. The summed E-state index contributed by atoms with van der Waals surface area (Å²) in [6.07, 6.45) is 6.06. The number of fused-ring (bicyclic) bond motifs is 1. The summed E-state index contributed by atoms with van der Waals surface area (Å²) in [6.45, 7) is 3.15. The van der Waals surface area contributed by atoms with Gasteiger partial charge in [0.1, 0.15) is 11.5 Å². The minimum Gasteiger partial charge on any atom is -0.328 e. The molecule has 0 bridgehead atoms. The lowest BCUT2D eigenvalue weighted by Gasteiger charge is -2.32. The fourth-order valence-electron chi connectivity index (χ4n) is 4.80. The number of amides is 1. The summed E-state index contributed by atoms with van der Waals surface area (Å²) >= 11 is 0. The van der Waals surface area contributed by atoms with E-state index in [1.807, 2.05) is 42.1 Å². The molecule has 1 aliphatic heterocycles. The molecule has 1 N–H and O–H groups in total. The molecule has 0 unspecified atom stereocenters. The molecule has 1 fully saturated rings. The Balaban J connectivity index is 1.22. The van der Waals surface area contributed by atoms with Crippen molar-refractivity contribution in [1.29, 1.82) is 0 Å². The van der Waals surface area contributed by atoms with Gasteiger partial charge in [-0.05, 0) is 73.3 Å². The molecule has 0 radical (unpaired) electrons. The number of nitrogens with zero attached hydrogens (tertiary/aromatic N) is 4. The molecular formula is C27H26FN5O2. The summed E-state index contributed by atoms with van der Waals surface area (Å²) in [7, 11) is 0. The maximum Gasteiger partial charge on any atom is 0.273 e. The van der Waals surface area contributed by atoms with Gasteiger partial charge in [0.05, 0.1) is 5.29 Å². The number of likely N-dealkylation sites (tertiary alicyclic amines) is 1. The molecule has 0 saturated carbocycles. The Kier molecular flexibility index (Phi) is 6.63. The number of rotatable bonds is 7. The number of hydrogen-bond donors (Lipinski definition) is 1. The van der Waals surface area contributed by atoms with Crippen LogP contribution in [-0.2, 0) is 13.1 Å². The minimum atomic E-state index is -0.523. The van der Waals surface area contributed by atoms with Crippen molar-refractivity contribution in [3.8, 4) is 0 Å². The molecular weight excluding hydrogens is 445 g/mol. The van der Waals surface area contributed by atoms with Crippen LogP contribution in [0.3, 0.4) is 0 Å². The number of pyridine rings is 1. The van der Waals surface area contributed by atoms with E-state index in [1.54, 1.807) is 18.2 Å². The monoisotopic (exact) mass is 471 g/mol. The van der Waals surface area contributed by atoms with Crippen molar-refractivity contribution in [3.05, 3.63) is 106 Å². The molecule has 178 valence electrons. The van der Waals surface area contributed by atoms with Crippen molar-refractivity contribution < 1.29 is 9.18 Å². The average molecular weight is 472 g/mol. The first-order chi connectivity index (χ1) is 17.1. The van der Waals surface area contributed by atoms with Crippen LogP contribution in [0.4, 0.5) is 4.39 Å². The van der Waals surface area contributed by atoms with E-state index in [4.69, 9.17) is 4.98 Å². The second-order valence-electron chi connectivity index (χ2n) is 9.00. The van der Waals surface area contributed by atoms with Gasteiger partial charge in [-0.3, -0.25) is 9.69 Å². The van der Waals surface area contributed by atoms with Crippen LogP contribution < -0.4 is 5.43 Å². The molecule has 1 aliphatic rings. The van der Waals surface area contributed by atoms with Crippen LogP contribution in [-0.4, -0.2) is 33.4 Å². The van der Waals surface area contributed by atoms with Gasteiger partial charge in [0.15, 0.2) is 0 Å². The van der Waals surface area contributed by atoms with E-state index in [1.165, 1.54) is 11.6 Å². The van der Waals surface area contributed by atoms with Crippen LogP contribution in [0.2, 0.25) is 0 Å². The quantitative estimate of drug-likeness (QED) is 0.303. The number of nitrogens with one attached hydrogen (secondary N) is 1. The number of piperidine rings is 1. The van der Waals surface area contributed by atoms with E-state index in [0.717, 1.165) is 48.1 Å². The third kappa shape index (κ3) is 5.12. The van der Waals surface area contributed by atoms with Crippen molar-refractivity contribution in [2.45, 2.75) is 31.8 Å². The molecule has 0 spiro atoms. The van der Waals surface area contributed by atoms with Crippen LogP contribution >= 0.6 is 0 Å². The molecule has 2 aromatic carbocycles. The lowest BCUT2D eigenvalue weighted by Crippen LogP contribution is -2.32. The van der Waals surface area contributed by atoms with Gasteiger partial charge in [-0.1, -0.05) is 30.3 Å². The highest BCUT2D eigenvalue weighted by atomic mass is 19.1. The van der Waals surface area contributed by atoms with Gasteiger partial charge in [-0.2, -0.15) is 0 Å². The number of aromatic nitrogens is 2. The number of benzene rings is 2. The van der Waals surface area contributed by atoms with Gasteiger partial charge in [0.25, 0.3) is 5.91 Å². The van der Waals surface area contributed by atoms with E-state index in [9.17, 15) is 14.1 Å². The zero-order chi connectivity index (χ0) is 24.2. The predicted octanol–water partition coefficient (Wildman–Crippen LogP) is 5.01. The molecule has 5 rings (SSSR count). The summed E-state index contributed by atoms with van der Waals surface area (Å²) in [5.41, 5.74) is 6.22. The first-order valence-electron chi connectivity index (χ1n) is 11.7. The molecule has 3 heterocycles. The fraction of sp³-hybridized carbons (Fsp3) is 0.259. The van der Waals surface area contributed by atoms with Gasteiger partial charge in [0.2, 0.25) is 0 Å². The Bertz CT molecular complexity index is 1340. The Morgan fingerprint density at radius 1 is 1.06 bits per heavy atom. The van der Waals surface area contributed by atoms with Gasteiger partial charge in [-0.15, -0.1) is 4.91 Å². The molecule has 2 aromatic heterocycles. The first-order valence-corrected chi connectivity index (χ1v) is 11.7. The second kappa shape index (κ2) is 10.1. The molecule has 8 heteroatoms. The summed E-state index contributed by atoms with van der Waals surface area (Å²) < 4.78 is 16.1. The fourth-order valence-corrected chi connectivity index (χ4v) is 4.80. The Labute approximate surface area is 202 Å². The predicted molar refractivity (Wildman–Crippen MR) is 132 cm³/mol. The Hall–Kier alpha value is -3.91. The van der Waals surface area contributed by atoms with Gasteiger partial charge in [-0.25, -0.2) is 14.8 Å². The molecule has 7 nitrogen and oxygen atoms in total. The summed E-state index contributed by atoms with van der Waals surface area (Å²) in [4.78, 5) is 29.0. The molecule has 1 saturated heterocycles. The van der Waals surface area contributed by atoms with Gasteiger partial charge in [0, 0.05) is 42.0 Å². The van der Waals surface area contributed by atoms with Crippen LogP contribution in [0.1, 0.15) is 45.8 Å². The lowest BCUT2D eigenvalue weighted by atomic mass is 9.90. The van der Waals surface area contributed by atoms with Gasteiger partial charge >= 0.3 is 0 Å². The zero-order valence-corrected chi connectivity index (χ0v) is 19.2. The van der Waals surface area contributed by atoms with Crippen LogP contribution in [0.25, 0.3) is 11.0 Å². The molecule has 4 aromatic rings. The SMILES string of the molecule is O=NNC(=O)c1ccc(Cn2ccc3cc(C4CCN(Cc5ccccc5F)CC4)cnc32)cc1. The van der Waals surface area contributed by atoms with Gasteiger partial charge < -0.3 is 4.57 Å². The maximum atomic E-state index is 14.0. The standard InChI is InChI=1S/C27H26FN5O2/c28-25-4-2-1-3-23(25)18-32-12-9-20(10-13-32)24-15-22-11-14-33(26(22)29-16-24)17-19-5-7-21(8-6-19)27(34)30-31-35/h1-8,11,14-16,20H,9-10,12-13,17-18H2,(H,30,34,35). The third-order valence-electron chi connectivity index (χ3n) is 6.75. The van der Waals surface area contributed by atoms with E-state index >= 15 is 0 Å². The molecule has 35 heavy (non-hydrogen) atoms. The Morgan fingerprint density at radius 3 is 2.57 bits per heavy atom. The average Bonchev–Trinajstić information content (AvgIpc) is 3.28. The lowest BCUT2D eigenvalue weighted by molar-refractivity contribution is 0.0954. The zero-order valence-electron chi connectivity index (χ0n) is 19.2. The summed E-state index contributed by atoms with van der Waals surface area (Å²) in [5.74, 6) is -0.206. The van der Waals surface area contributed by atoms with Crippen molar-refractivity contribution in [3.63, 3.8) is 0 Å². The molecule has 1 amide bonds. The second-order valence-corrected chi connectivity index (χ2v) is 9.00. The van der Waals surface area contributed by atoms with Crippen LogP contribution in [0.5, 0.6) is 0 Å². The van der Waals surface area contributed by atoms with Crippen LogP contribution in [0, 0.1) is 10.7 Å². The van der Waals surface area contributed by atoms with E-state index in [2.05, 4.69) is 26.9 Å². The normalized spacial score (nSPS) is 14.8. The highest BCUT2D eigenvalue weighted by molar-refractivity contribution is 5.93. The van der Waals surface area contributed by atoms with E-state index in [-0.39, 0.29) is 5.82 Å². The van der Waals surface area contributed by atoms with Crippen molar-refractivity contribution >= 4 is 16.9 Å². The summed E-state index contributed by atoms with van der Waals surface area (Å²) in [6, 6.07) is 18.4. The van der Waals surface area contributed by atoms with Crippen molar-refractivity contribution in [1.82, 2.24) is 19.9 Å². The van der Waals surface area contributed by atoms with Crippen LogP contribution in [0.15, 0.2) is 78.3 Å². The summed E-state index contributed by atoms with van der Waals surface area (Å²) in [5, 5.41) is 3.52. The minimum absolute atomic E-state index is 0.134. The van der Waals surface area contributed by atoms with E-state index in [0.29, 0.717) is 24.6 Å². The molecule has 0 atom stereocenters. The highest BCUT2D eigenvalue weighted by Gasteiger charge is 2.22. The largest absolute Gasteiger partial charge is 0.328 e. The Morgan fingerprint density at radius 2 is 1.83 bits per heavy atom. The topological polar surface area (TPSA) is 79.6 Å². The maximum absolute atomic E-state index is 14.0. The van der Waals surface area contributed by atoms with Crippen molar-refractivity contribution in [2.75, 3.05) is 13.1 Å². The number of carbonyl (C=O) groups is 1. The third-order valence-corrected chi connectivity index (χ3v) is 6.75. The first kappa shape index (κ1) is 22.9. The smallest absolute Gasteiger partial charge is 0.273 e. The van der Waals surface area contributed by atoms with Crippen molar-refractivity contribution in [2.24, 2.45) is 5.29 Å². The highest BCUT2D eigenvalue weighted by Crippen LogP contribution is 2.30. The van der Waals surface area contributed by atoms with E-state index < -0.39 is 5.91 Å². The number of hydrogen-bond acceptors (Lipinski definition) is 5. The number of halogens is 1. The molecule has 0 aliphatic carbocycles.